The van der Waals surface area contributed by atoms with Crippen molar-refractivity contribution >= 4 is 0 Å². The lowest BCUT2D eigenvalue weighted by molar-refractivity contribution is 0.647. The molecule has 3 aliphatic rings. The van der Waals surface area contributed by atoms with Gasteiger partial charge in [0.05, 0.1) is 0 Å². The van der Waals surface area contributed by atoms with Crippen LogP contribution in [0, 0.1) is 10.8 Å². The maximum atomic E-state index is 2.37. The van der Waals surface area contributed by atoms with Crippen LogP contribution in [0.5, 0.6) is 0 Å². The predicted molar refractivity (Wildman–Crippen MR) is 32.5 cm³/mol. The fourth-order valence-electron chi connectivity index (χ4n) is 2.49. The maximum absolute atomic E-state index is 2.37. The summed E-state index contributed by atoms with van der Waals surface area (Å²) in [7, 11) is 0. The fourth-order valence-corrected chi connectivity index (χ4v) is 2.49. The van der Waals surface area contributed by atoms with Gasteiger partial charge in [-0.2, -0.15) is 0 Å². The average molecular weight is 106 g/mol. The van der Waals surface area contributed by atoms with Gasteiger partial charge in [-0.05, 0) is 36.5 Å². The van der Waals surface area contributed by atoms with Gasteiger partial charge in [-0.25, -0.2) is 0 Å². The smallest absolute Gasteiger partial charge is 0.0192 e. The van der Waals surface area contributed by atoms with Crippen molar-refractivity contribution in [3.05, 3.63) is 12.2 Å². The first kappa shape index (κ1) is 3.71. The number of rotatable bonds is 0. The Hall–Kier alpha value is -0.260. The average Bonchev–Trinajstić information content (AvgIpc) is 2.45. The quantitative estimate of drug-likeness (QED) is 0.415. The summed E-state index contributed by atoms with van der Waals surface area (Å²) in [5, 5.41) is 0. The first-order valence-corrected chi connectivity index (χ1v) is 3.52. The Balaban J connectivity index is 2.09. The van der Waals surface area contributed by atoms with Crippen LogP contribution in [-0.2, 0) is 0 Å². The lowest BCUT2D eigenvalue weighted by atomic mass is 10.1. The second-order valence-electron chi connectivity index (χ2n) is 3.79. The second kappa shape index (κ2) is 0.706. The molecule has 0 aromatic carbocycles. The van der Waals surface area contributed by atoms with Crippen LogP contribution < -0.4 is 0 Å². The predicted octanol–water partition coefficient (Wildman–Crippen LogP) is 2.12. The van der Waals surface area contributed by atoms with Gasteiger partial charge in [0, 0.05) is 0 Å². The van der Waals surface area contributed by atoms with Crippen LogP contribution in [-0.4, -0.2) is 0 Å². The van der Waals surface area contributed by atoms with Gasteiger partial charge >= 0.3 is 0 Å². The van der Waals surface area contributed by atoms with E-state index in [0.29, 0.717) is 0 Å². The van der Waals surface area contributed by atoms with Crippen LogP contribution >= 0.6 is 0 Å². The van der Waals surface area contributed by atoms with Crippen LogP contribution in [0.3, 0.4) is 0 Å². The van der Waals surface area contributed by atoms with Crippen LogP contribution in [0.4, 0.5) is 0 Å². The molecule has 0 unspecified atom stereocenters. The Morgan fingerprint density at radius 1 is 0.875 bits per heavy atom. The molecule has 0 aromatic heterocycles. The first-order chi connectivity index (χ1) is 3.87. The summed E-state index contributed by atoms with van der Waals surface area (Å²) in [5.41, 5.74) is 1.81. The Bertz CT molecular complexity index is 152. The minimum absolute atomic E-state index is 0.905. The van der Waals surface area contributed by atoms with E-state index in [2.05, 4.69) is 12.2 Å². The number of hydrogen-bond acceptors (Lipinski definition) is 0. The van der Waals surface area contributed by atoms with Crippen LogP contribution in [0.25, 0.3) is 0 Å². The van der Waals surface area contributed by atoms with Gasteiger partial charge in [0.1, 0.15) is 0 Å². The highest BCUT2D eigenvalue weighted by molar-refractivity contribution is 5.35. The molecular formula is C8H10. The number of hydrogen-bond donors (Lipinski definition) is 0. The molecule has 0 N–H and O–H groups in total. The zero-order valence-corrected chi connectivity index (χ0v) is 4.98. The van der Waals surface area contributed by atoms with E-state index in [-0.39, 0.29) is 0 Å². The highest BCUT2D eigenvalue weighted by atomic mass is 14.8. The van der Waals surface area contributed by atoms with E-state index in [4.69, 9.17) is 0 Å². The van der Waals surface area contributed by atoms with Crippen LogP contribution in [0.1, 0.15) is 25.7 Å². The van der Waals surface area contributed by atoms with E-state index < -0.39 is 0 Å². The lowest BCUT2D eigenvalue weighted by Crippen LogP contribution is -1.83. The fraction of sp³-hybridized carbons (Fsp3) is 0.750. The molecule has 0 nitrogen and oxygen atoms in total. The monoisotopic (exact) mass is 106 g/mol. The van der Waals surface area contributed by atoms with E-state index in [1.54, 1.807) is 12.8 Å². The summed E-state index contributed by atoms with van der Waals surface area (Å²) < 4.78 is 0. The molecule has 0 heterocycles. The Morgan fingerprint density at radius 2 is 1.38 bits per heavy atom. The van der Waals surface area contributed by atoms with Crippen LogP contribution in [0.15, 0.2) is 12.2 Å². The van der Waals surface area contributed by atoms with Crippen molar-refractivity contribution in [2.24, 2.45) is 10.8 Å². The topological polar surface area (TPSA) is 0 Å². The standard InChI is InChI=1S/C8H10/c1-2-4-8-5-7(8,3-1)6-8/h1-2H,3-6H2. The molecule has 2 fully saturated rings. The highest BCUT2D eigenvalue weighted by Gasteiger charge is 2.81. The van der Waals surface area contributed by atoms with E-state index in [1.165, 1.54) is 12.8 Å². The minimum atomic E-state index is 0.905. The molecular weight excluding hydrogens is 96.1 g/mol. The van der Waals surface area contributed by atoms with Gasteiger partial charge in [0.25, 0.3) is 0 Å². The van der Waals surface area contributed by atoms with Crippen molar-refractivity contribution < 1.29 is 0 Å². The largest absolute Gasteiger partial charge is 0.0879 e. The molecule has 0 amide bonds. The highest BCUT2D eigenvalue weighted by Crippen LogP contribution is 2.90. The van der Waals surface area contributed by atoms with E-state index in [1.807, 2.05) is 0 Å². The van der Waals surface area contributed by atoms with E-state index in [9.17, 15) is 0 Å². The summed E-state index contributed by atoms with van der Waals surface area (Å²) in [6, 6.07) is 0. The molecule has 2 saturated carbocycles. The third kappa shape index (κ3) is 0.195. The Morgan fingerprint density at radius 3 is 1.75 bits per heavy atom. The van der Waals surface area contributed by atoms with Crippen molar-refractivity contribution in [3.63, 3.8) is 0 Å². The van der Waals surface area contributed by atoms with Crippen LogP contribution in [0.2, 0.25) is 0 Å². The zero-order valence-electron chi connectivity index (χ0n) is 4.98. The maximum Gasteiger partial charge on any atom is -0.0192 e. The molecule has 0 spiro atoms. The van der Waals surface area contributed by atoms with Gasteiger partial charge in [-0.15, -0.1) is 0 Å². The SMILES string of the molecule is C1=CCC23CC2(C1)C3. The first-order valence-electron chi connectivity index (χ1n) is 3.52. The van der Waals surface area contributed by atoms with Gasteiger partial charge in [0.15, 0.2) is 0 Å². The normalized spacial score (nSPS) is 64.0. The molecule has 0 aromatic rings. The molecule has 0 bridgehead atoms. The Labute approximate surface area is 49.6 Å². The molecule has 0 atom stereocenters. The van der Waals surface area contributed by atoms with Crippen molar-refractivity contribution in [2.45, 2.75) is 25.7 Å². The van der Waals surface area contributed by atoms with Gasteiger partial charge in [-0.1, -0.05) is 12.2 Å². The Kier molecular flexibility index (Phi) is 0.327. The minimum Gasteiger partial charge on any atom is -0.0879 e. The lowest BCUT2D eigenvalue weighted by Gasteiger charge is -1.96. The van der Waals surface area contributed by atoms with Gasteiger partial charge in [-0.3, -0.25) is 0 Å². The molecule has 0 saturated heterocycles. The summed E-state index contributed by atoms with van der Waals surface area (Å²) in [6.07, 6.45) is 10.7. The summed E-state index contributed by atoms with van der Waals surface area (Å²) >= 11 is 0. The second-order valence-corrected chi connectivity index (χ2v) is 3.79. The summed E-state index contributed by atoms with van der Waals surface area (Å²) in [6.45, 7) is 0. The van der Waals surface area contributed by atoms with Gasteiger partial charge < -0.3 is 0 Å². The molecule has 0 heteroatoms. The molecule has 0 radical (unpaired) electrons. The van der Waals surface area contributed by atoms with Crippen molar-refractivity contribution in [1.82, 2.24) is 0 Å². The molecule has 3 aliphatic carbocycles. The molecule has 3 rings (SSSR count). The zero-order chi connectivity index (χ0) is 5.24. The molecule has 0 aliphatic heterocycles. The van der Waals surface area contributed by atoms with E-state index >= 15 is 0 Å². The number of allylic oxidation sites excluding steroid dienone is 2. The van der Waals surface area contributed by atoms with E-state index in [0.717, 1.165) is 10.8 Å². The third-order valence-electron chi connectivity index (χ3n) is 3.41. The summed E-state index contributed by atoms with van der Waals surface area (Å²) in [4.78, 5) is 0. The van der Waals surface area contributed by atoms with Crippen molar-refractivity contribution in [3.8, 4) is 0 Å². The van der Waals surface area contributed by atoms with Crippen molar-refractivity contribution in [2.75, 3.05) is 0 Å². The molecule has 42 valence electrons. The van der Waals surface area contributed by atoms with Crippen molar-refractivity contribution in [1.29, 1.82) is 0 Å². The van der Waals surface area contributed by atoms with Gasteiger partial charge in [0.2, 0.25) is 0 Å². The molecule has 8 heavy (non-hydrogen) atoms. The summed E-state index contributed by atoms with van der Waals surface area (Å²) in [5.74, 6) is 0. The third-order valence-corrected chi connectivity index (χ3v) is 3.41.